The van der Waals surface area contributed by atoms with Gasteiger partial charge in [-0.1, -0.05) is 24.3 Å². The molecule has 152 valence electrons. The van der Waals surface area contributed by atoms with Crippen LogP contribution in [0.1, 0.15) is 23.7 Å². The van der Waals surface area contributed by atoms with Crippen molar-refractivity contribution in [2.75, 3.05) is 19.8 Å². The first-order valence-corrected chi connectivity index (χ1v) is 10.7. The van der Waals surface area contributed by atoms with E-state index in [1.165, 1.54) is 24.3 Å². The number of fused-ring (bicyclic) bond motifs is 1. The lowest BCUT2D eigenvalue weighted by atomic mass is 10.2. The molecule has 29 heavy (non-hydrogen) atoms. The van der Waals surface area contributed by atoms with E-state index in [0.29, 0.717) is 18.8 Å². The van der Waals surface area contributed by atoms with Gasteiger partial charge in [0.25, 0.3) is 0 Å². The molecule has 3 rings (SSSR count). The highest BCUT2D eigenvalue weighted by molar-refractivity contribution is 7.89. The van der Waals surface area contributed by atoms with E-state index in [4.69, 9.17) is 9.47 Å². The molecule has 0 aliphatic heterocycles. The van der Waals surface area contributed by atoms with Crippen LogP contribution < -0.4 is 9.46 Å². The van der Waals surface area contributed by atoms with E-state index in [1.54, 1.807) is 13.1 Å². The van der Waals surface area contributed by atoms with Crippen LogP contribution in [0.25, 0.3) is 10.9 Å². The number of benzene rings is 2. The van der Waals surface area contributed by atoms with Gasteiger partial charge in [0.15, 0.2) is 0 Å². The minimum Gasteiger partial charge on any atom is -0.491 e. The van der Waals surface area contributed by atoms with Gasteiger partial charge in [-0.15, -0.1) is 0 Å². The van der Waals surface area contributed by atoms with Gasteiger partial charge >= 0.3 is 5.97 Å². The minimum absolute atomic E-state index is 0.0159. The quantitative estimate of drug-likeness (QED) is 0.427. The van der Waals surface area contributed by atoms with Crippen LogP contribution in [0.15, 0.2) is 65.7 Å². The van der Waals surface area contributed by atoms with E-state index in [0.717, 1.165) is 10.9 Å². The highest BCUT2D eigenvalue weighted by Gasteiger charge is 2.16. The summed E-state index contributed by atoms with van der Waals surface area (Å²) < 4.78 is 38.1. The zero-order valence-corrected chi connectivity index (χ0v) is 16.8. The first kappa shape index (κ1) is 20.8. The van der Waals surface area contributed by atoms with E-state index in [2.05, 4.69) is 9.71 Å². The molecule has 7 nitrogen and oxygen atoms in total. The van der Waals surface area contributed by atoms with Crippen molar-refractivity contribution in [1.82, 2.24) is 9.71 Å². The molecule has 1 N–H and O–H groups in total. The number of aromatic nitrogens is 1. The number of nitrogens with one attached hydrogen (secondary N) is 1. The van der Waals surface area contributed by atoms with E-state index in [1.807, 2.05) is 30.3 Å². The lowest BCUT2D eigenvalue weighted by molar-refractivity contribution is 0.0526. The summed E-state index contributed by atoms with van der Waals surface area (Å²) in [5, 5.41) is 0.979. The number of carbonyl (C=O) groups excluding carboxylic acids is 1. The number of esters is 1. The Balaban J connectivity index is 1.55. The predicted molar refractivity (Wildman–Crippen MR) is 109 cm³/mol. The van der Waals surface area contributed by atoms with Gasteiger partial charge in [0.2, 0.25) is 10.0 Å². The Kier molecular flexibility index (Phi) is 6.79. The third kappa shape index (κ3) is 5.30. The van der Waals surface area contributed by atoms with Gasteiger partial charge in [-0.2, -0.15) is 0 Å². The van der Waals surface area contributed by atoms with Crippen molar-refractivity contribution in [3.8, 4) is 5.75 Å². The second kappa shape index (κ2) is 9.49. The van der Waals surface area contributed by atoms with E-state index >= 15 is 0 Å². The monoisotopic (exact) mass is 414 g/mol. The molecule has 1 aromatic heterocycles. The molecule has 0 saturated carbocycles. The second-order valence-corrected chi connectivity index (χ2v) is 7.95. The van der Waals surface area contributed by atoms with Crippen LogP contribution in [0, 0.1) is 0 Å². The lowest BCUT2D eigenvalue weighted by Gasteiger charge is -2.10. The molecule has 0 amide bonds. The van der Waals surface area contributed by atoms with Crippen LogP contribution in [0.4, 0.5) is 0 Å². The third-order valence-corrected chi connectivity index (χ3v) is 5.58. The maximum absolute atomic E-state index is 12.5. The predicted octanol–water partition coefficient (Wildman–Crippen LogP) is 3.16. The summed E-state index contributed by atoms with van der Waals surface area (Å²) in [6.45, 7) is 2.45. The topological polar surface area (TPSA) is 94.6 Å². The Morgan fingerprint density at radius 2 is 1.90 bits per heavy atom. The fourth-order valence-electron chi connectivity index (χ4n) is 2.74. The Bertz CT molecular complexity index is 1090. The van der Waals surface area contributed by atoms with Crippen molar-refractivity contribution in [3.63, 3.8) is 0 Å². The van der Waals surface area contributed by atoms with Gasteiger partial charge in [-0.05, 0) is 43.7 Å². The van der Waals surface area contributed by atoms with Gasteiger partial charge in [-0.25, -0.2) is 17.9 Å². The Labute approximate surface area is 169 Å². The SMILES string of the molecule is CCOC(=O)c1cccc(S(=O)(=O)NCCCOc2cccc3cccnc23)c1. The number of rotatable bonds is 9. The summed E-state index contributed by atoms with van der Waals surface area (Å²) >= 11 is 0. The molecule has 0 aliphatic rings. The molecule has 0 radical (unpaired) electrons. The standard InChI is InChI=1S/C21H22N2O5S/c1-2-27-21(24)17-8-3-10-18(15-17)29(25,26)23-13-6-14-28-19-11-4-7-16-9-5-12-22-20(16)19/h3-5,7-12,15,23H,2,6,13-14H2,1H3. The largest absolute Gasteiger partial charge is 0.491 e. The highest BCUT2D eigenvalue weighted by atomic mass is 32.2. The summed E-state index contributed by atoms with van der Waals surface area (Å²) in [7, 11) is -3.74. The number of sulfonamides is 1. The molecular formula is C21H22N2O5S. The number of carbonyl (C=O) groups is 1. The van der Waals surface area contributed by atoms with Crippen molar-refractivity contribution < 1.29 is 22.7 Å². The van der Waals surface area contributed by atoms with E-state index < -0.39 is 16.0 Å². The molecule has 0 aliphatic carbocycles. The molecular weight excluding hydrogens is 392 g/mol. The maximum atomic E-state index is 12.5. The van der Waals surface area contributed by atoms with Crippen LogP contribution in [0.3, 0.4) is 0 Å². The van der Waals surface area contributed by atoms with E-state index in [-0.39, 0.29) is 23.6 Å². The van der Waals surface area contributed by atoms with Crippen LogP contribution in [-0.4, -0.2) is 39.1 Å². The molecule has 0 bridgehead atoms. The molecule has 0 fully saturated rings. The smallest absolute Gasteiger partial charge is 0.338 e. The van der Waals surface area contributed by atoms with Crippen LogP contribution in [0.5, 0.6) is 5.75 Å². The van der Waals surface area contributed by atoms with Gasteiger partial charge in [-0.3, -0.25) is 4.98 Å². The summed E-state index contributed by atoms with van der Waals surface area (Å²) in [5.41, 5.74) is 0.966. The van der Waals surface area contributed by atoms with Gasteiger partial charge in [0.05, 0.1) is 23.7 Å². The first-order chi connectivity index (χ1) is 14.0. The maximum Gasteiger partial charge on any atom is 0.338 e. The van der Waals surface area contributed by atoms with Crippen molar-refractivity contribution in [3.05, 3.63) is 66.4 Å². The number of hydrogen-bond donors (Lipinski definition) is 1. The molecule has 0 spiro atoms. The molecule has 0 unspecified atom stereocenters. The molecule has 2 aromatic carbocycles. The van der Waals surface area contributed by atoms with Gasteiger partial charge in [0, 0.05) is 18.1 Å². The summed E-state index contributed by atoms with van der Waals surface area (Å²) in [6, 6.07) is 15.3. The first-order valence-electron chi connectivity index (χ1n) is 9.24. The Morgan fingerprint density at radius 3 is 2.72 bits per heavy atom. The van der Waals surface area contributed by atoms with Crippen molar-refractivity contribution in [2.24, 2.45) is 0 Å². The zero-order chi connectivity index (χ0) is 20.7. The molecule has 0 saturated heterocycles. The highest BCUT2D eigenvalue weighted by Crippen LogP contribution is 2.22. The fourth-order valence-corrected chi connectivity index (χ4v) is 3.86. The number of para-hydroxylation sites is 1. The van der Waals surface area contributed by atoms with Crippen molar-refractivity contribution in [2.45, 2.75) is 18.2 Å². The summed E-state index contributed by atoms with van der Waals surface area (Å²) in [5.74, 6) is 0.106. The summed E-state index contributed by atoms with van der Waals surface area (Å²) in [4.78, 5) is 16.1. The number of ether oxygens (including phenoxy) is 2. The number of nitrogens with zero attached hydrogens (tertiary/aromatic N) is 1. The third-order valence-electron chi connectivity index (χ3n) is 4.12. The van der Waals surface area contributed by atoms with E-state index in [9.17, 15) is 13.2 Å². The average Bonchev–Trinajstić information content (AvgIpc) is 2.74. The minimum atomic E-state index is -3.74. The van der Waals surface area contributed by atoms with Crippen LogP contribution in [0.2, 0.25) is 0 Å². The Hall–Kier alpha value is -2.97. The van der Waals surface area contributed by atoms with Gasteiger partial charge < -0.3 is 9.47 Å². The molecule has 3 aromatic rings. The lowest BCUT2D eigenvalue weighted by Crippen LogP contribution is -2.26. The van der Waals surface area contributed by atoms with Crippen molar-refractivity contribution in [1.29, 1.82) is 0 Å². The molecule has 1 heterocycles. The van der Waals surface area contributed by atoms with Gasteiger partial charge in [0.1, 0.15) is 11.3 Å². The zero-order valence-electron chi connectivity index (χ0n) is 16.0. The Morgan fingerprint density at radius 1 is 1.10 bits per heavy atom. The fraction of sp³-hybridized carbons (Fsp3) is 0.238. The number of pyridine rings is 1. The number of hydrogen-bond acceptors (Lipinski definition) is 6. The molecule has 0 atom stereocenters. The summed E-state index contributed by atoms with van der Waals surface area (Å²) in [6.07, 6.45) is 2.17. The van der Waals surface area contributed by atoms with Crippen LogP contribution in [-0.2, 0) is 14.8 Å². The van der Waals surface area contributed by atoms with Crippen molar-refractivity contribution >= 4 is 26.9 Å². The second-order valence-electron chi connectivity index (χ2n) is 6.18. The molecule has 8 heteroatoms. The van der Waals surface area contributed by atoms with Crippen LogP contribution >= 0.6 is 0 Å². The normalized spacial score (nSPS) is 11.3. The average molecular weight is 414 g/mol.